The predicted molar refractivity (Wildman–Crippen MR) is 76.4 cm³/mol. The third kappa shape index (κ3) is 2.84. The molecule has 2 aromatic rings. The summed E-state index contributed by atoms with van der Waals surface area (Å²) in [4.78, 5) is 28.4. The van der Waals surface area contributed by atoms with Gasteiger partial charge in [-0.25, -0.2) is 0 Å². The molecule has 4 heteroatoms. The molecule has 100 valence electrons. The van der Waals surface area contributed by atoms with Crippen molar-refractivity contribution in [3.05, 3.63) is 46.2 Å². The maximum absolute atomic E-state index is 12.4. The third-order valence-corrected chi connectivity index (χ3v) is 3.17. The van der Waals surface area contributed by atoms with Gasteiger partial charge in [-0.05, 0) is 12.5 Å². The monoisotopic (exact) mass is 258 g/mol. The molecule has 0 aliphatic rings. The van der Waals surface area contributed by atoms with Crippen molar-refractivity contribution in [3.8, 4) is 0 Å². The number of amides is 1. The second kappa shape index (κ2) is 5.69. The van der Waals surface area contributed by atoms with Gasteiger partial charge in [0.15, 0.2) is 0 Å². The highest BCUT2D eigenvalue weighted by Gasteiger charge is 2.15. The molecule has 2 rings (SSSR count). The number of nitrogens with one attached hydrogen (secondary N) is 1. The maximum atomic E-state index is 12.4. The molecule has 0 bridgehead atoms. The van der Waals surface area contributed by atoms with E-state index >= 15 is 0 Å². The Hall–Kier alpha value is -2.10. The summed E-state index contributed by atoms with van der Waals surface area (Å²) >= 11 is 0. The van der Waals surface area contributed by atoms with E-state index in [1.54, 1.807) is 18.0 Å². The number of pyridine rings is 1. The van der Waals surface area contributed by atoms with Crippen LogP contribution in [0.5, 0.6) is 0 Å². The molecule has 19 heavy (non-hydrogen) atoms. The SMILES string of the molecule is CCCCN(C)C(=O)c1cc(=O)[nH]c2ccccc12. The molecule has 0 aliphatic heterocycles. The van der Waals surface area contributed by atoms with Gasteiger partial charge in [-0.1, -0.05) is 31.5 Å². The number of aromatic amines is 1. The molecule has 0 radical (unpaired) electrons. The summed E-state index contributed by atoms with van der Waals surface area (Å²) in [6.07, 6.45) is 2.00. The zero-order valence-corrected chi connectivity index (χ0v) is 11.3. The van der Waals surface area contributed by atoms with Gasteiger partial charge in [-0.3, -0.25) is 9.59 Å². The van der Waals surface area contributed by atoms with Crippen LogP contribution in [0.25, 0.3) is 10.9 Å². The first-order chi connectivity index (χ1) is 9.13. The first-order valence-corrected chi connectivity index (χ1v) is 6.51. The molecule has 4 nitrogen and oxygen atoms in total. The van der Waals surface area contributed by atoms with Crippen molar-refractivity contribution in [1.29, 1.82) is 0 Å². The highest BCUT2D eigenvalue weighted by atomic mass is 16.2. The molecule has 0 saturated heterocycles. The Balaban J connectivity index is 2.44. The smallest absolute Gasteiger partial charge is 0.254 e. The average molecular weight is 258 g/mol. The summed E-state index contributed by atoms with van der Waals surface area (Å²) in [7, 11) is 1.77. The van der Waals surface area contributed by atoms with E-state index in [1.165, 1.54) is 6.07 Å². The fourth-order valence-corrected chi connectivity index (χ4v) is 2.08. The Morgan fingerprint density at radius 3 is 2.79 bits per heavy atom. The van der Waals surface area contributed by atoms with E-state index in [0.717, 1.165) is 18.2 Å². The van der Waals surface area contributed by atoms with Gasteiger partial charge in [0.05, 0.1) is 5.56 Å². The summed E-state index contributed by atoms with van der Waals surface area (Å²) in [6.45, 7) is 2.79. The molecule has 1 N–H and O–H groups in total. The fourth-order valence-electron chi connectivity index (χ4n) is 2.08. The van der Waals surface area contributed by atoms with Gasteiger partial charge in [0, 0.05) is 30.6 Å². The van der Waals surface area contributed by atoms with Crippen LogP contribution < -0.4 is 5.56 Å². The summed E-state index contributed by atoms with van der Waals surface area (Å²) in [5.74, 6) is -0.101. The molecule has 0 aliphatic carbocycles. The minimum absolute atomic E-state index is 0.101. The molecule has 0 unspecified atom stereocenters. The van der Waals surface area contributed by atoms with Crippen LogP contribution in [0, 0.1) is 0 Å². The highest BCUT2D eigenvalue weighted by Crippen LogP contribution is 2.16. The fraction of sp³-hybridized carbons (Fsp3) is 0.333. The standard InChI is InChI=1S/C15H18N2O2/c1-3-4-9-17(2)15(19)12-10-14(18)16-13-8-6-5-7-11(12)13/h5-8,10H,3-4,9H2,1-2H3,(H,16,18). The lowest BCUT2D eigenvalue weighted by Crippen LogP contribution is -2.29. The van der Waals surface area contributed by atoms with Crippen molar-refractivity contribution in [1.82, 2.24) is 9.88 Å². The van der Waals surface area contributed by atoms with Gasteiger partial charge >= 0.3 is 0 Å². The number of hydrogen-bond donors (Lipinski definition) is 1. The van der Waals surface area contributed by atoms with E-state index in [2.05, 4.69) is 11.9 Å². The van der Waals surface area contributed by atoms with Crippen LogP contribution in [-0.2, 0) is 0 Å². The van der Waals surface area contributed by atoms with E-state index < -0.39 is 0 Å². The summed E-state index contributed by atoms with van der Waals surface area (Å²) in [6, 6.07) is 8.75. The van der Waals surface area contributed by atoms with Crippen molar-refractivity contribution in [3.63, 3.8) is 0 Å². The minimum atomic E-state index is -0.244. The van der Waals surface area contributed by atoms with Gasteiger partial charge in [0.1, 0.15) is 0 Å². The molecule has 0 spiro atoms. The Morgan fingerprint density at radius 1 is 1.32 bits per heavy atom. The van der Waals surface area contributed by atoms with Crippen molar-refractivity contribution >= 4 is 16.8 Å². The number of aromatic nitrogens is 1. The Morgan fingerprint density at radius 2 is 2.05 bits per heavy atom. The molecule has 0 fully saturated rings. The Kier molecular flexibility index (Phi) is 4.00. The van der Waals surface area contributed by atoms with Crippen molar-refractivity contribution in [2.24, 2.45) is 0 Å². The predicted octanol–water partition coefficient (Wildman–Crippen LogP) is 2.40. The molecule has 0 atom stereocenters. The number of H-pyrrole nitrogens is 1. The number of hydrogen-bond acceptors (Lipinski definition) is 2. The second-order valence-corrected chi connectivity index (χ2v) is 4.67. The zero-order chi connectivity index (χ0) is 13.8. The van der Waals surface area contributed by atoms with E-state index in [0.29, 0.717) is 17.6 Å². The quantitative estimate of drug-likeness (QED) is 0.915. The maximum Gasteiger partial charge on any atom is 0.254 e. The van der Waals surface area contributed by atoms with Crippen molar-refractivity contribution in [2.45, 2.75) is 19.8 Å². The number of para-hydroxylation sites is 1. The number of nitrogens with zero attached hydrogens (tertiary/aromatic N) is 1. The van der Waals surface area contributed by atoms with Crippen molar-refractivity contribution < 1.29 is 4.79 Å². The molecule has 0 saturated carbocycles. The number of unbranched alkanes of at least 4 members (excludes halogenated alkanes) is 1. The van der Waals surface area contributed by atoms with E-state index in [4.69, 9.17) is 0 Å². The average Bonchev–Trinajstić information content (AvgIpc) is 2.42. The molecule has 1 aromatic carbocycles. The normalized spacial score (nSPS) is 10.6. The lowest BCUT2D eigenvalue weighted by atomic mass is 10.1. The Labute approximate surface area is 112 Å². The van der Waals surface area contributed by atoms with Crippen LogP contribution in [-0.4, -0.2) is 29.4 Å². The van der Waals surface area contributed by atoms with Gasteiger partial charge < -0.3 is 9.88 Å². The number of benzene rings is 1. The first kappa shape index (κ1) is 13.3. The summed E-state index contributed by atoms with van der Waals surface area (Å²) in [5.41, 5.74) is 0.922. The number of carbonyl (C=O) groups excluding carboxylic acids is 1. The number of fused-ring (bicyclic) bond motifs is 1. The topological polar surface area (TPSA) is 53.2 Å². The second-order valence-electron chi connectivity index (χ2n) is 4.67. The third-order valence-electron chi connectivity index (χ3n) is 3.17. The van der Waals surface area contributed by atoms with Gasteiger partial charge in [0.2, 0.25) is 5.56 Å². The number of rotatable bonds is 4. The molecular weight excluding hydrogens is 240 g/mol. The van der Waals surface area contributed by atoms with Gasteiger partial charge in [-0.2, -0.15) is 0 Å². The van der Waals surface area contributed by atoms with E-state index in [-0.39, 0.29) is 11.5 Å². The van der Waals surface area contributed by atoms with Crippen LogP contribution >= 0.6 is 0 Å². The van der Waals surface area contributed by atoms with Crippen LogP contribution in [0.2, 0.25) is 0 Å². The Bertz CT molecular complexity index is 646. The molecule has 1 amide bonds. The highest BCUT2D eigenvalue weighted by molar-refractivity contribution is 6.05. The van der Waals surface area contributed by atoms with Gasteiger partial charge in [-0.15, -0.1) is 0 Å². The minimum Gasteiger partial charge on any atom is -0.342 e. The summed E-state index contributed by atoms with van der Waals surface area (Å²) in [5, 5.41) is 0.787. The van der Waals surface area contributed by atoms with Crippen LogP contribution in [0.3, 0.4) is 0 Å². The summed E-state index contributed by atoms with van der Waals surface area (Å²) < 4.78 is 0. The van der Waals surface area contributed by atoms with E-state index in [1.807, 2.05) is 18.2 Å². The lowest BCUT2D eigenvalue weighted by molar-refractivity contribution is 0.0795. The van der Waals surface area contributed by atoms with Crippen molar-refractivity contribution in [2.75, 3.05) is 13.6 Å². The lowest BCUT2D eigenvalue weighted by Gasteiger charge is -2.17. The van der Waals surface area contributed by atoms with Crippen LogP contribution in [0.1, 0.15) is 30.1 Å². The van der Waals surface area contributed by atoms with Crippen LogP contribution in [0.4, 0.5) is 0 Å². The molecule has 1 heterocycles. The first-order valence-electron chi connectivity index (χ1n) is 6.51. The molecular formula is C15H18N2O2. The molecule has 1 aromatic heterocycles. The van der Waals surface area contributed by atoms with E-state index in [9.17, 15) is 9.59 Å². The largest absolute Gasteiger partial charge is 0.342 e. The number of carbonyl (C=O) groups is 1. The van der Waals surface area contributed by atoms with Crippen LogP contribution in [0.15, 0.2) is 35.1 Å². The zero-order valence-electron chi connectivity index (χ0n) is 11.3. The van der Waals surface area contributed by atoms with Gasteiger partial charge in [0.25, 0.3) is 5.91 Å².